The van der Waals surface area contributed by atoms with Crippen LogP contribution in [0.4, 0.5) is 0 Å². The molecular weight excluding hydrogens is 504 g/mol. The molecule has 0 saturated carbocycles. The number of rotatable bonds is 10. The molecule has 2 heterocycles. The standard InChI is InChI=1S/C36H40N4O/c1-28-12-11-19-34-35(28)40(36(41)37-34)32-20-22-38(23-21-32)27-33(24-29-13-5-2-6-14-29)39(25-30-15-7-3-8-16-30)26-31-17-9-4-10-18-31/h2-19,32-33H,20-27H2,1H3,(H,37,41)/t33-/m0/s1. The summed E-state index contributed by atoms with van der Waals surface area (Å²) in [6, 6.07) is 39.3. The minimum absolute atomic E-state index is 0.0200. The van der Waals surface area contributed by atoms with Gasteiger partial charge < -0.3 is 9.88 Å². The van der Waals surface area contributed by atoms with Gasteiger partial charge in [-0.25, -0.2) is 4.79 Å². The Morgan fingerprint density at radius 2 is 1.32 bits per heavy atom. The number of fused-ring (bicyclic) bond motifs is 1. The maximum absolute atomic E-state index is 13.0. The van der Waals surface area contributed by atoms with Crippen LogP contribution in [-0.2, 0) is 19.5 Å². The third-order valence-corrected chi connectivity index (χ3v) is 8.62. The largest absolute Gasteiger partial charge is 0.326 e. The van der Waals surface area contributed by atoms with Gasteiger partial charge in [0.25, 0.3) is 0 Å². The van der Waals surface area contributed by atoms with Gasteiger partial charge in [0.05, 0.1) is 11.0 Å². The van der Waals surface area contributed by atoms with Crippen LogP contribution in [0.25, 0.3) is 11.0 Å². The quantitative estimate of drug-likeness (QED) is 0.216. The van der Waals surface area contributed by atoms with E-state index in [-0.39, 0.29) is 11.7 Å². The number of likely N-dealkylation sites (tertiary alicyclic amines) is 1. The van der Waals surface area contributed by atoms with Crippen LogP contribution in [0.5, 0.6) is 0 Å². The highest BCUT2D eigenvalue weighted by Crippen LogP contribution is 2.27. The zero-order valence-electron chi connectivity index (χ0n) is 24.0. The van der Waals surface area contributed by atoms with Crippen molar-refractivity contribution >= 4 is 11.0 Å². The highest BCUT2D eigenvalue weighted by Gasteiger charge is 2.28. The predicted molar refractivity (Wildman–Crippen MR) is 168 cm³/mol. The molecule has 0 bridgehead atoms. The molecule has 6 rings (SSSR count). The smallest absolute Gasteiger partial charge is 0.306 e. The predicted octanol–water partition coefficient (Wildman–Crippen LogP) is 6.59. The first-order valence-corrected chi connectivity index (χ1v) is 14.9. The van der Waals surface area contributed by atoms with Crippen LogP contribution in [0.15, 0.2) is 114 Å². The number of hydrogen-bond acceptors (Lipinski definition) is 3. The van der Waals surface area contributed by atoms with Crippen LogP contribution in [0.1, 0.15) is 41.1 Å². The second-order valence-corrected chi connectivity index (χ2v) is 11.5. The number of H-pyrrole nitrogens is 1. The first-order valence-electron chi connectivity index (χ1n) is 14.9. The number of piperidine rings is 1. The Kier molecular flexibility index (Phi) is 8.45. The molecule has 41 heavy (non-hydrogen) atoms. The van der Waals surface area contributed by atoms with Crippen LogP contribution in [0.2, 0.25) is 0 Å². The summed E-state index contributed by atoms with van der Waals surface area (Å²) in [5.41, 5.74) is 7.24. The maximum atomic E-state index is 13.0. The van der Waals surface area contributed by atoms with Gasteiger partial charge in [0, 0.05) is 44.8 Å². The van der Waals surface area contributed by atoms with Gasteiger partial charge in [0.2, 0.25) is 0 Å². The summed E-state index contributed by atoms with van der Waals surface area (Å²) >= 11 is 0. The Morgan fingerprint density at radius 3 is 1.90 bits per heavy atom. The minimum Gasteiger partial charge on any atom is -0.306 e. The number of para-hydroxylation sites is 1. The fourth-order valence-corrected chi connectivity index (χ4v) is 6.51. The van der Waals surface area contributed by atoms with E-state index in [2.05, 4.69) is 119 Å². The van der Waals surface area contributed by atoms with Crippen molar-refractivity contribution in [3.63, 3.8) is 0 Å². The lowest BCUT2D eigenvalue weighted by Gasteiger charge is -2.39. The number of nitrogens with one attached hydrogen (secondary N) is 1. The van der Waals surface area contributed by atoms with Gasteiger partial charge >= 0.3 is 5.69 Å². The summed E-state index contributed by atoms with van der Waals surface area (Å²) < 4.78 is 2.03. The van der Waals surface area contributed by atoms with E-state index in [0.29, 0.717) is 6.04 Å². The van der Waals surface area contributed by atoms with Crippen molar-refractivity contribution in [2.75, 3.05) is 19.6 Å². The second-order valence-electron chi connectivity index (χ2n) is 11.5. The van der Waals surface area contributed by atoms with Crippen molar-refractivity contribution in [1.82, 2.24) is 19.4 Å². The summed E-state index contributed by atoms with van der Waals surface area (Å²) in [5.74, 6) is 0. The Bertz CT molecular complexity index is 1540. The number of benzene rings is 4. The number of aromatic amines is 1. The Balaban J connectivity index is 1.23. The van der Waals surface area contributed by atoms with Gasteiger partial charge in [-0.1, -0.05) is 103 Å². The van der Waals surface area contributed by atoms with Crippen molar-refractivity contribution in [1.29, 1.82) is 0 Å². The molecule has 4 aromatic carbocycles. The Hall–Kier alpha value is -3.93. The van der Waals surface area contributed by atoms with E-state index in [9.17, 15) is 4.79 Å². The number of aryl methyl sites for hydroxylation is 1. The molecule has 1 atom stereocenters. The van der Waals surface area contributed by atoms with Crippen LogP contribution in [0, 0.1) is 6.92 Å². The van der Waals surface area contributed by atoms with Gasteiger partial charge in [0.15, 0.2) is 0 Å². The van der Waals surface area contributed by atoms with Crippen molar-refractivity contribution < 1.29 is 0 Å². The third kappa shape index (κ3) is 6.53. The molecule has 1 aromatic heterocycles. The van der Waals surface area contributed by atoms with Gasteiger partial charge in [-0.2, -0.15) is 0 Å². The summed E-state index contributed by atoms with van der Waals surface area (Å²) in [6.45, 7) is 6.91. The monoisotopic (exact) mass is 544 g/mol. The van der Waals surface area contributed by atoms with E-state index in [0.717, 1.165) is 68.6 Å². The number of aromatic nitrogens is 2. The molecular formula is C36H40N4O. The van der Waals surface area contributed by atoms with Crippen LogP contribution >= 0.6 is 0 Å². The van der Waals surface area contributed by atoms with Gasteiger partial charge in [-0.15, -0.1) is 0 Å². The van der Waals surface area contributed by atoms with Gasteiger partial charge in [0.1, 0.15) is 0 Å². The Morgan fingerprint density at radius 1 is 0.756 bits per heavy atom. The topological polar surface area (TPSA) is 44.3 Å². The molecule has 0 unspecified atom stereocenters. The summed E-state index contributed by atoms with van der Waals surface area (Å²) in [5, 5.41) is 0. The maximum Gasteiger partial charge on any atom is 0.326 e. The first kappa shape index (κ1) is 27.3. The highest BCUT2D eigenvalue weighted by atomic mass is 16.1. The van der Waals surface area contributed by atoms with Crippen molar-refractivity contribution in [2.45, 2.75) is 51.4 Å². The Labute approximate surface area is 243 Å². The van der Waals surface area contributed by atoms with Crippen molar-refractivity contribution in [3.8, 4) is 0 Å². The second kappa shape index (κ2) is 12.7. The van der Waals surface area contributed by atoms with Crippen LogP contribution in [-0.4, -0.2) is 45.0 Å². The van der Waals surface area contributed by atoms with E-state index >= 15 is 0 Å². The zero-order valence-corrected chi connectivity index (χ0v) is 24.0. The normalized spacial score (nSPS) is 15.5. The lowest BCUT2D eigenvalue weighted by Crippen LogP contribution is -2.47. The molecule has 5 heteroatoms. The van der Waals surface area contributed by atoms with Crippen molar-refractivity contribution in [2.24, 2.45) is 0 Å². The molecule has 1 aliphatic heterocycles. The molecule has 0 radical (unpaired) electrons. The minimum atomic E-state index is 0.0200. The summed E-state index contributed by atoms with van der Waals surface area (Å²) in [4.78, 5) is 21.3. The molecule has 1 fully saturated rings. The number of imidazole rings is 1. The summed E-state index contributed by atoms with van der Waals surface area (Å²) in [7, 11) is 0. The highest BCUT2D eigenvalue weighted by molar-refractivity contribution is 5.78. The fraction of sp³-hybridized carbons (Fsp3) is 0.306. The molecule has 0 amide bonds. The van der Waals surface area contributed by atoms with Crippen LogP contribution in [0.3, 0.4) is 0 Å². The van der Waals surface area contributed by atoms with E-state index in [1.807, 2.05) is 16.7 Å². The average Bonchev–Trinajstić information content (AvgIpc) is 3.35. The molecule has 1 N–H and O–H groups in total. The summed E-state index contributed by atoms with van der Waals surface area (Å²) in [6.07, 6.45) is 2.97. The third-order valence-electron chi connectivity index (χ3n) is 8.62. The van der Waals surface area contributed by atoms with E-state index in [1.165, 1.54) is 16.7 Å². The molecule has 1 aliphatic rings. The molecule has 1 saturated heterocycles. The van der Waals surface area contributed by atoms with Crippen LogP contribution < -0.4 is 5.69 Å². The lowest BCUT2D eigenvalue weighted by atomic mass is 9.99. The van der Waals surface area contributed by atoms with E-state index in [4.69, 9.17) is 0 Å². The number of hydrogen-bond donors (Lipinski definition) is 1. The molecule has 5 aromatic rings. The molecule has 0 spiro atoms. The SMILES string of the molecule is Cc1cccc2[nH]c(=O)n(C3CCN(C[C@H](Cc4ccccc4)N(Cc4ccccc4)Cc4ccccc4)CC3)c12. The van der Waals surface area contributed by atoms with Gasteiger partial charge in [-0.05, 0) is 54.5 Å². The molecule has 210 valence electrons. The molecule has 0 aliphatic carbocycles. The van der Waals surface area contributed by atoms with E-state index < -0.39 is 0 Å². The lowest BCUT2D eigenvalue weighted by molar-refractivity contribution is 0.102. The first-order chi connectivity index (χ1) is 20.1. The zero-order chi connectivity index (χ0) is 28.0. The fourth-order valence-electron chi connectivity index (χ4n) is 6.51. The van der Waals surface area contributed by atoms with Gasteiger partial charge in [-0.3, -0.25) is 9.47 Å². The van der Waals surface area contributed by atoms with Crippen molar-refractivity contribution in [3.05, 3.63) is 142 Å². The number of nitrogens with zero attached hydrogens (tertiary/aromatic N) is 3. The average molecular weight is 545 g/mol. The van der Waals surface area contributed by atoms with E-state index in [1.54, 1.807) is 0 Å². The molecule has 5 nitrogen and oxygen atoms in total.